The Kier molecular flexibility index (Phi) is 16.6. The van der Waals surface area contributed by atoms with Crippen LogP contribution >= 0.6 is 0 Å². The zero-order valence-electron chi connectivity index (χ0n) is 35.1. The molecule has 0 fully saturated rings. The zero-order chi connectivity index (χ0) is 42.5. The maximum atomic E-state index is 3.96. The maximum Gasteiger partial charge on any atom is 0.0542 e. The summed E-state index contributed by atoms with van der Waals surface area (Å²) < 4.78 is 0. The van der Waals surface area contributed by atoms with Gasteiger partial charge in [-0.3, -0.25) is 0 Å². The minimum Gasteiger partial charge on any atom is -0.355 e. The molecule has 0 aliphatic rings. The minimum absolute atomic E-state index is 0.941. The molecule has 0 saturated carbocycles. The number of para-hydroxylation sites is 2. The minimum atomic E-state index is 0.941. The van der Waals surface area contributed by atoms with Crippen LogP contribution in [0.15, 0.2) is 257 Å². The van der Waals surface area contributed by atoms with Crippen molar-refractivity contribution >= 4 is 34.1 Å². The predicted molar refractivity (Wildman–Crippen MR) is 264 cm³/mol. The molecule has 0 amide bonds. The Morgan fingerprint density at radius 3 is 1.62 bits per heavy atom. The molecule has 7 aromatic carbocycles. The molecule has 7 aromatic rings. The number of benzene rings is 7. The van der Waals surface area contributed by atoms with E-state index in [1.54, 1.807) is 18.2 Å². The number of allylic oxidation sites excluding steroid dienone is 7. The SMILES string of the molecule is C=C/C=C\C(=C)N(C)c1ccccc1.C=C/C=C\C=C.Cc1ccccc1-c1c(C)cccc1N(c1ccccc1)c1cccc(Nc2cccc(-c3ccccc3)c2)c1. The molecule has 0 heterocycles. The highest BCUT2D eigenvalue weighted by Gasteiger charge is 2.19. The molecule has 0 saturated heterocycles. The fourth-order valence-corrected chi connectivity index (χ4v) is 6.61. The molecule has 0 aliphatic heterocycles. The fourth-order valence-electron chi connectivity index (χ4n) is 6.61. The summed E-state index contributed by atoms with van der Waals surface area (Å²) in [4.78, 5) is 4.39. The number of rotatable bonds is 13. The van der Waals surface area contributed by atoms with E-state index < -0.39 is 0 Å². The quantitative estimate of drug-likeness (QED) is 0.118. The Balaban J connectivity index is 0.000000282. The van der Waals surface area contributed by atoms with Crippen LogP contribution in [-0.4, -0.2) is 7.05 Å². The van der Waals surface area contributed by atoms with Gasteiger partial charge in [0.25, 0.3) is 0 Å². The normalized spacial score (nSPS) is 10.4. The molecule has 0 radical (unpaired) electrons. The van der Waals surface area contributed by atoms with E-state index in [0.717, 1.165) is 39.8 Å². The largest absolute Gasteiger partial charge is 0.355 e. The molecule has 0 spiro atoms. The number of hydrogen-bond donors (Lipinski definition) is 1. The van der Waals surface area contributed by atoms with Gasteiger partial charge in [0, 0.05) is 46.7 Å². The molecule has 0 atom stereocenters. The van der Waals surface area contributed by atoms with Crippen LogP contribution in [0.5, 0.6) is 0 Å². The number of aryl methyl sites for hydroxylation is 2. The van der Waals surface area contributed by atoms with Crippen molar-refractivity contribution in [2.24, 2.45) is 0 Å². The Morgan fingerprint density at radius 2 is 0.983 bits per heavy atom. The molecule has 0 aliphatic carbocycles. The van der Waals surface area contributed by atoms with Gasteiger partial charge < -0.3 is 15.1 Å². The Hall–Kier alpha value is -7.62. The van der Waals surface area contributed by atoms with Gasteiger partial charge in [-0.15, -0.1) is 0 Å². The van der Waals surface area contributed by atoms with Gasteiger partial charge in [0.1, 0.15) is 0 Å². The summed E-state index contributed by atoms with van der Waals surface area (Å²) in [5.74, 6) is 0. The lowest BCUT2D eigenvalue weighted by Gasteiger charge is -2.29. The Morgan fingerprint density at radius 1 is 0.483 bits per heavy atom. The van der Waals surface area contributed by atoms with Crippen LogP contribution in [0.25, 0.3) is 22.3 Å². The molecular formula is C57H55N3. The van der Waals surface area contributed by atoms with Gasteiger partial charge in [-0.2, -0.15) is 0 Å². The molecular weight excluding hydrogens is 727 g/mol. The summed E-state index contributed by atoms with van der Waals surface area (Å²) in [7, 11) is 1.99. The van der Waals surface area contributed by atoms with Crippen molar-refractivity contribution < 1.29 is 0 Å². The second-order valence-electron chi connectivity index (χ2n) is 13.9. The van der Waals surface area contributed by atoms with Crippen LogP contribution < -0.4 is 15.1 Å². The van der Waals surface area contributed by atoms with Crippen molar-refractivity contribution in [3.8, 4) is 22.3 Å². The van der Waals surface area contributed by atoms with Crippen LogP contribution in [0.1, 0.15) is 11.1 Å². The lowest BCUT2D eigenvalue weighted by atomic mass is 9.94. The standard InChI is InChI=1S/C38H32N2.C13H15N.C6H8/c1-28-14-9-10-24-36(28)38-29(2)15-11-25-37(38)40(34-21-7-4-8-22-34)35-23-13-20-33(27-35)39-32-19-12-18-31(26-32)30-16-5-3-6-17-30;1-4-5-9-12(2)14(3)13-10-7-6-8-11-13;1-3-5-6-4-2/h3-27,39H,1-2H3;4-11H,1-2H2,3H3;3-6H,1-2H2/b;9-5-;6-5-. The summed E-state index contributed by atoms with van der Waals surface area (Å²) in [6, 6.07) is 63.7. The number of nitrogens with zero attached hydrogens (tertiary/aromatic N) is 2. The van der Waals surface area contributed by atoms with Crippen molar-refractivity contribution in [3.63, 3.8) is 0 Å². The van der Waals surface area contributed by atoms with E-state index in [4.69, 9.17) is 0 Å². The van der Waals surface area contributed by atoms with Gasteiger partial charge in [-0.1, -0.05) is 184 Å². The van der Waals surface area contributed by atoms with E-state index in [2.05, 4.69) is 196 Å². The second-order valence-corrected chi connectivity index (χ2v) is 13.9. The highest BCUT2D eigenvalue weighted by atomic mass is 15.1. The smallest absolute Gasteiger partial charge is 0.0542 e. The predicted octanol–water partition coefficient (Wildman–Crippen LogP) is 16.1. The van der Waals surface area contributed by atoms with E-state index in [-0.39, 0.29) is 0 Å². The van der Waals surface area contributed by atoms with Crippen LogP contribution in [0, 0.1) is 13.8 Å². The van der Waals surface area contributed by atoms with Gasteiger partial charge in [-0.05, 0) is 108 Å². The first-order chi connectivity index (χ1) is 29.3. The topological polar surface area (TPSA) is 18.5 Å². The molecule has 60 heavy (non-hydrogen) atoms. The monoisotopic (exact) mass is 781 g/mol. The molecule has 0 bridgehead atoms. The summed E-state index contributed by atoms with van der Waals surface area (Å²) >= 11 is 0. The summed E-state index contributed by atoms with van der Waals surface area (Å²) in [6.45, 7) is 18.9. The van der Waals surface area contributed by atoms with E-state index in [9.17, 15) is 0 Å². The zero-order valence-corrected chi connectivity index (χ0v) is 35.1. The van der Waals surface area contributed by atoms with Gasteiger partial charge in [0.2, 0.25) is 0 Å². The van der Waals surface area contributed by atoms with Gasteiger partial charge in [-0.25, -0.2) is 0 Å². The highest BCUT2D eigenvalue weighted by Crippen LogP contribution is 2.43. The second kappa shape index (κ2) is 23.0. The van der Waals surface area contributed by atoms with E-state index in [1.165, 1.54) is 33.4 Å². The van der Waals surface area contributed by atoms with Crippen LogP contribution in [0.3, 0.4) is 0 Å². The fraction of sp³-hybridized carbons (Fsp3) is 0.0526. The average molecular weight is 782 g/mol. The average Bonchev–Trinajstić information content (AvgIpc) is 3.29. The number of likely N-dealkylation sites (N-methyl/N-ethyl adjacent to an activating group) is 1. The molecule has 1 N–H and O–H groups in total. The lowest BCUT2D eigenvalue weighted by molar-refractivity contribution is 1.15. The first-order valence-electron chi connectivity index (χ1n) is 20.0. The van der Waals surface area contributed by atoms with Crippen LogP contribution in [0.2, 0.25) is 0 Å². The lowest BCUT2D eigenvalue weighted by Crippen LogP contribution is -2.13. The van der Waals surface area contributed by atoms with E-state index in [1.807, 2.05) is 72.6 Å². The first kappa shape index (κ1) is 43.5. The van der Waals surface area contributed by atoms with Crippen LogP contribution in [0.4, 0.5) is 34.1 Å². The Bertz CT molecular complexity index is 2500. The third-order valence-corrected chi connectivity index (χ3v) is 9.67. The van der Waals surface area contributed by atoms with Gasteiger partial charge in [0.15, 0.2) is 0 Å². The van der Waals surface area contributed by atoms with Crippen molar-refractivity contribution in [1.82, 2.24) is 0 Å². The van der Waals surface area contributed by atoms with E-state index in [0.29, 0.717) is 0 Å². The van der Waals surface area contributed by atoms with Crippen LogP contribution in [-0.2, 0) is 0 Å². The van der Waals surface area contributed by atoms with Gasteiger partial charge in [0.05, 0.1) is 5.69 Å². The molecule has 3 nitrogen and oxygen atoms in total. The summed E-state index contributed by atoms with van der Waals surface area (Å²) in [5.41, 5.74) is 14.9. The first-order valence-corrected chi connectivity index (χ1v) is 20.0. The molecule has 298 valence electrons. The summed E-state index contributed by atoms with van der Waals surface area (Å²) in [5, 5.41) is 3.65. The van der Waals surface area contributed by atoms with E-state index >= 15 is 0 Å². The third kappa shape index (κ3) is 12.2. The molecule has 7 rings (SSSR count). The van der Waals surface area contributed by atoms with Crippen molar-refractivity contribution in [3.05, 3.63) is 268 Å². The molecule has 0 unspecified atom stereocenters. The molecule has 0 aromatic heterocycles. The van der Waals surface area contributed by atoms with Crippen molar-refractivity contribution in [1.29, 1.82) is 0 Å². The number of nitrogens with one attached hydrogen (secondary N) is 1. The Labute approximate surface area is 358 Å². The van der Waals surface area contributed by atoms with Gasteiger partial charge >= 0.3 is 0 Å². The molecule has 3 heteroatoms. The maximum absolute atomic E-state index is 3.96. The number of anilines is 6. The summed E-state index contributed by atoms with van der Waals surface area (Å²) in [6.07, 6.45) is 12.6. The van der Waals surface area contributed by atoms with Crippen molar-refractivity contribution in [2.45, 2.75) is 13.8 Å². The highest BCUT2D eigenvalue weighted by molar-refractivity contribution is 5.91. The number of hydrogen-bond acceptors (Lipinski definition) is 3. The van der Waals surface area contributed by atoms with Crippen molar-refractivity contribution in [2.75, 3.05) is 22.2 Å². The third-order valence-electron chi connectivity index (χ3n) is 9.67.